The lowest BCUT2D eigenvalue weighted by molar-refractivity contribution is -0.132. The molecule has 0 bridgehead atoms. The van der Waals surface area contributed by atoms with Crippen molar-refractivity contribution in [3.05, 3.63) is 40.4 Å². The summed E-state index contributed by atoms with van der Waals surface area (Å²) in [6.45, 7) is 1.84. The zero-order valence-electron chi connectivity index (χ0n) is 9.81. The van der Waals surface area contributed by atoms with Gasteiger partial charge in [0, 0.05) is 16.7 Å². The first-order valence-corrected chi connectivity index (χ1v) is 5.71. The molecule has 0 saturated heterocycles. The summed E-state index contributed by atoms with van der Waals surface area (Å²) in [6.07, 6.45) is 1.89. The van der Waals surface area contributed by atoms with Gasteiger partial charge in [-0.2, -0.15) is 5.26 Å². The maximum Gasteiger partial charge on any atom is 0.331 e. The number of benzene rings is 1. The molecule has 0 aromatic heterocycles. The van der Waals surface area contributed by atoms with E-state index in [-0.39, 0.29) is 12.2 Å². The van der Waals surface area contributed by atoms with Gasteiger partial charge in [-0.05, 0) is 24.6 Å². The van der Waals surface area contributed by atoms with Crippen LogP contribution in [0.2, 0.25) is 5.02 Å². The number of hydrogen-bond acceptors (Lipinski definition) is 3. The minimum atomic E-state index is -0.965. The highest BCUT2D eigenvalue weighted by atomic mass is 35.5. The lowest BCUT2D eigenvalue weighted by Gasteiger charge is -2.06. The maximum absolute atomic E-state index is 10.8. The Hall–Kier alpha value is -1.99. The third-order valence-corrected chi connectivity index (χ3v) is 2.52. The van der Waals surface area contributed by atoms with E-state index in [4.69, 9.17) is 26.7 Å². The number of nitrogens with zero attached hydrogens (tertiary/aromatic N) is 1. The van der Waals surface area contributed by atoms with E-state index in [9.17, 15) is 4.79 Å². The molecular formula is C13H12ClNO3. The molecule has 0 fully saturated rings. The number of rotatable bonds is 5. The third kappa shape index (κ3) is 3.79. The fourth-order valence-electron chi connectivity index (χ4n) is 1.32. The number of carbonyl (C=O) groups is 1. The van der Waals surface area contributed by atoms with Crippen LogP contribution in [0.5, 0.6) is 5.75 Å². The monoisotopic (exact) mass is 265 g/mol. The van der Waals surface area contributed by atoms with Gasteiger partial charge in [0.2, 0.25) is 0 Å². The van der Waals surface area contributed by atoms with E-state index in [2.05, 4.69) is 0 Å². The minimum absolute atomic E-state index is 0.0878. The van der Waals surface area contributed by atoms with Gasteiger partial charge < -0.3 is 9.84 Å². The molecule has 0 aliphatic carbocycles. The van der Waals surface area contributed by atoms with Crippen LogP contribution in [0.4, 0.5) is 0 Å². The summed E-state index contributed by atoms with van der Waals surface area (Å²) in [5.74, 6) is -0.616. The number of aliphatic carboxylic acids is 1. The van der Waals surface area contributed by atoms with Crippen LogP contribution in [0, 0.1) is 11.3 Å². The number of nitriles is 1. The van der Waals surface area contributed by atoms with Crippen molar-refractivity contribution in [1.82, 2.24) is 0 Å². The molecule has 1 aromatic rings. The van der Waals surface area contributed by atoms with Crippen molar-refractivity contribution in [2.24, 2.45) is 0 Å². The number of carboxylic acid groups (broad SMARTS) is 1. The quantitative estimate of drug-likeness (QED) is 0.831. The zero-order chi connectivity index (χ0) is 13.5. The Labute approximate surface area is 110 Å². The second kappa shape index (κ2) is 6.67. The predicted molar refractivity (Wildman–Crippen MR) is 67.7 cm³/mol. The van der Waals surface area contributed by atoms with Crippen molar-refractivity contribution in [2.75, 3.05) is 6.61 Å². The van der Waals surface area contributed by atoms with Crippen LogP contribution in [-0.4, -0.2) is 17.7 Å². The van der Waals surface area contributed by atoms with E-state index in [1.165, 1.54) is 12.1 Å². The lowest BCUT2D eigenvalue weighted by atomic mass is 10.2. The van der Waals surface area contributed by atoms with Crippen molar-refractivity contribution >= 4 is 17.6 Å². The minimum Gasteiger partial charge on any atom is -0.488 e. The van der Waals surface area contributed by atoms with E-state index in [1.807, 2.05) is 6.07 Å². The predicted octanol–water partition coefficient (Wildman–Crippen LogP) is 3.01. The van der Waals surface area contributed by atoms with E-state index in [0.29, 0.717) is 22.8 Å². The van der Waals surface area contributed by atoms with E-state index in [1.54, 1.807) is 19.1 Å². The van der Waals surface area contributed by atoms with E-state index >= 15 is 0 Å². The van der Waals surface area contributed by atoms with Crippen molar-refractivity contribution in [2.45, 2.75) is 13.3 Å². The maximum atomic E-state index is 10.8. The second-order valence-electron chi connectivity index (χ2n) is 3.45. The fourth-order valence-corrected chi connectivity index (χ4v) is 1.48. The normalized spacial score (nSPS) is 10.8. The summed E-state index contributed by atoms with van der Waals surface area (Å²) in [5.41, 5.74) is 0.636. The van der Waals surface area contributed by atoms with Gasteiger partial charge in [-0.3, -0.25) is 0 Å². The van der Waals surface area contributed by atoms with Crippen LogP contribution in [0.3, 0.4) is 0 Å². The number of halogens is 1. The van der Waals surface area contributed by atoms with Gasteiger partial charge in [-0.25, -0.2) is 4.79 Å². The average Bonchev–Trinajstić information content (AvgIpc) is 2.34. The molecule has 1 N–H and O–H groups in total. The molecule has 0 amide bonds. The first-order valence-electron chi connectivity index (χ1n) is 5.33. The van der Waals surface area contributed by atoms with Gasteiger partial charge in [0.1, 0.15) is 18.4 Å². The molecule has 0 heterocycles. The Morgan fingerprint density at radius 1 is 1.61 bits per heavy atom. The molecular weight excluding hydrogens is 254 g/mol. The molecule has 0 aliphatic heterocycles. The smallest absolute Gasteiger partial charge is 0.331 e. The average molecular weight is 266 g/mol. The van der Waals surface area contributed by atoms with Gasteiger partial charge in [0.15, 0.2) is 0 Å². The highest BCUT2D eigenvalue weighted by Crippen LogP contribution is 2.22. The van der Waals surface area contributed by atoms with Crippen LogP contribution in [0.15, 0.2) is 29.8 Å². The second-order valence-corrected chi connectivity index (χ2v) is 3.89. The van der Waals surface area contributed by atoms with Gasteiger partial charge in [-0.15, -0.1) is 0 Å². The highest BCUT2D eigenvalue weighted by molar-refractivity contribution is 6.30. The molecule has 0 spiro atoms. The third-order valence-electron chi connectivity index (χ3n) is 2.29. The van der Waals surface area contributed by atoms with Gasteiger partial charge in [-0.1, -0.05) is 18.5 Å². The topological polar surface area (TPSA) is 70.3 Å². The molecule has 0 atom stereocenters. The lowest BCUT2D eigenvalue weighted by Crippen LogP contribution is -2.03. The molecule has 4 nitrogen and oxygen atoms in total. The number of hydrogen-bond donors (Lipinski definition) is 1. The SMILES string of the molecule is CC/C(=C/COc1cc(Cl)ccc1C#N)C(=O)O. The van der Waals surface area contributed by atoms with Crippen molar-refractivity contribution in [1.29, 1.82) is 5.26 Å². The molecule has 1 rings (SSSR count). The van der Waals surface area contributed by atoms with Crippen molar-refractivity contribution in [3.8, 4) is 11.8 Å². The molecule has 0 radical (unpaired) electrons. The van der Waals surface area contributed by atoms with Crippen LogP contribution >= 0.6 is 11.6 Å². The van der Waals surface area contributed by atoms with Crippen molar-refractivity contribution in [3.63, 3.8) is 0 Å². The summed E-state index contributed by atoms with van der Waals surface area (Å²) in [7, 11) is 0. The fraction of sp³-hybridized carbons (Fsp3) is 0.231. The molecule has 1 aromatic carbocycles. The molecule has 94 valence electrons. The van der Waals surface area contributed by atoms with Gasteiger partial charge >= 0.3 is 5.97 Å². The molecule has 18 heavy (non-hydrogen) atoms. The summed E-state index contributed by atoms with van der Waals surface area (Å²) < 4.78 is 5.34. The Kier molecular flexibility index (Phi) is 5.22. The van der Waals surface area contributed by atoms with Gasteiger partial charge in [0.05, 0.1) is 5.56 Å². The first-order chi connectivity index (χ1) is 8.58. The number of ether oxygens (including phenoxy) is 1. The van der Waals surface area contributed by atoms with E-state index < -0.39 is 5.97 Å². The molecule has 0 aliphatic rings. The summed E-state index contributed by atoms with van der Waals surface area (Å²) in [4.78, 5) is 10.8. The molecule has 0 saturated carbocycles. The van der Waals surface area contributed by atoms with Crippen LogP contribution in [0.25, 0.3) is 0 Å². The summed E-state index contributed by atoms with van der Waals surface area (Å²) in [6, 6.07) is 6.65. The summed E-state index contributed by atoms with van der Waals surface area (Å²) in [5, 5.41) is 18.1. The first kappa shape index (κ1) is 14.1. The Bertz CT molecular complexity index is 517. The highest BCUT2D eigenvalue weighted by Gasteiger charge is 2.06. The summed E-state index contributed by atoms with van der Waals surface area (Å²) >= 11 is 5.79. The Balaban J connectivity index is 2.78. The largest absolute Gasteiger partial charge is 0.488 e. The molecule has 0 unspecified atom stereocenters. The van der Waals surface area contributed by atoms with Crippen LogP contribution in [0.1, 0.15) is 18.9 Å². The van der Waals surface area contributed by atoms with Crippen molar-refractivity contribution < 1.29 is 14.6 Å². The van der Waals surface area contributed by atoms with Crippen LogP contribution in [-0.2, 0) is 4.79 Å². The number of carboxylic acids is 1. The van der Waals surface area contributed by atoms with Gasteiger partial charge in [0.25, 0.3) is 0 Å². The van der Waals surface area contributed by atoms with E-state index in [0.717, 1.165) is 0 Å². The standard InChI is InChI=1S/C13H12ClNO3/c1-2-9(13(16)17)5-6-18-12-7-11(14)4-3-10(12)8-15/h3-5,7H,2,6H2,1H3,(H,16,17)/b9-5-. The zero-order valence-corrected chi connectivity index (χ0v) is 10.6. The van der Waals surface area contributed by atoms with Crippen LogP contribution < -0.4 is 4.74 Å². The Morgan fingerprint density at radius 2 is 2.33 bits per heavy atom. The molecule has 5 heteroatoms. The Morgan fingerprint density at radius 3 is 2.89 bits per heavy atom.